The van der Waals surface area contributed by atoms with Crippen LogP contribution in [0.4, 0.5) is 0 Å². The molecule has 110 valence electrons. The maximum absolute atomic E-state index is 5.55. The third-order valence-electron chi connectivity index (χ3n) is 4.76. The average Bonchev–Trinajstić information content (AvgIpc) is 2.89. The lowest BCUT2D eigenvalue weighted by molar-refractivity contribution is -0.0354. The van der Waals surface area contributed by atoms with Gasteiger partial charge in [-0.05, 0) is 32.7 Å². The number of ether oxygens (including phenoxy) is 1. The Morgan fingerprint density at radius 2 is 1.95 bits per heavy atom. The Kier molecular flexibility index (Phi) is 5.43. The second-order valence-electron chi connectivity index (χ2n) is 6.18. The summed E-state index contributed by atoms with van der Waals surface area (Å²) >= 11 is 0. The quantitative estimate of drug-likeness (QED) is 0.748. The van der Waals surface area contributed by atoms with Crippen molar-refractivity contribution in [3.05, 3.63) is 12.2 Å². The zero-order valence-corrected chi connectivity index (χ0v) is 12.7. The fourth-order valence-electron chi connectivity index (χ4n) is 3.93. The van der Waals surface area contributed by atoms with Gasteiger partial charge >= 0.3 is 0 Å². The van der Waals surface area contributed by atoms with E-state index in [1.807, 2.05) is 0 Å². The lowest BCUT2D eigenvalue weighted by Crippen LogP contribution is -2.62. The summed E-state index contributed by atoms with van der Waals surface area (Å²) in [6.07, 6.45) is 6.51. The molecule has 19 heavy (non-hydrogen) atoms. The van der Waals surface area contributed by atoms with E-state index < -0.39 is 0 Å². The van der Waals surface area contributed by atoms with E-state index in [4.69, 9.17) is 4.74 Å². The van der Waals surface area contributed by atoms with Crippen molar-refractivity contribution in [2.24, 2.45) is 0 Å². The summed E-state index contributed by atoms with van der Waals surface area (Å²) in [5.41, 5.74) is 1.64. The summed E-state index contributed by atoms with van der Waals surface area (Å²) in [5.74, 6) is 0. The van der Waals surface area contributed by atoms with Crippen LogP contribution in [-0.2, 0) is 4.74 Å². The fourth-order valence-corrected chi connectivity index (χ4v) is 3.93. The SMILES string of the molecule is C=C(C)CC(NCC)C1(N2CCOCC2)CCCC1. The summed E-state index contributed by atoms with van der Waals surface area (Å²) in [4.78, 5) is 2.71. The zero-order valence-electron chi connectivity index (χ0n) is 12.7. The Bertz CT molecular complexity index is 291. The molecule has 1 unspecified atom stereocenters. The van der Waals surface area contributed by atoms with Crippen LogP contribution in [0, 0.1) is 0 Å². The molecule has 2 aliphatic rings. The van der Waals surface area contributed by atoms with Crippen molar-refractivity contribution in [3.63, 3.8) is 0 Å². The third-order valence-corrected chi connectivity index (χ3v) is 4.76. The fraction of sp³-hybridized carbons (Fsp3) is 0.875. The molecule has 1 heterocycles. The van der Waals surface area contributed by atoms with Crippen LogP contribution in [0.2, 0.25) is 0 Å². The summed E-state index contributed by atoms with van der Waals surface area (Å²) in [6.45, 7) is 13.5. The van der Waals surface area contributed by atoms with E-state index in [-0.39, 0.29) is 0 Å². The van der Waals surface area contributed by atoms with Gasteiger partial charge in [0.25, 0.3) is 0 Å². The summed E-state index contributed by atoms with van der Waals surface area (Å²) in [7, 11) is 0. The Morgan fingerprint density at radius 1 is 1.32 bits per heavy atom. The smallest absolute Gasteiger partial charge is 0.0594 e. The van der Waals surface area contributed by atoms with Crippen molar-refractivity contribution < 1.29 is 4.74 Å². The predicted octanol–water partition coefficient (Wildman–Crippen LogP) is 2.58. The van der Waals surface area contributed by atoms with Crippen molar-refractivity contribution in [2.75, 3.05) is 32.8 Å². The minimum atomic E-state index is 0.346. The molecule has 3 heteroatoms. The molecule has 0 spiro atoms. The maximum atomic E-state index is 5.55. The second kappa shape index (κ2) is 6.87. The predicted molar refractivity (Wildman–Crippen MR) is 80.5 cm³/mol. The Hall–Kier alpha value is -0.380. The molecule has 1 N–H and O–H groups in total. The molecular weight excluding hydrogens is 236 g/mol. The minimum Gasteiger partial charge on any atom is -0.379 e. The first-order valence-electron chi connectivity index (χ1n) is 7.89. The van der Waals surface area contributed by atoms with E-state index >= 15 is 0 Å². The van der Waals surface area contributed by atoms with Gasteiger partial charge in [0, 0.05) is 24.7 Å². The molecule has 1 saturated carbocycles. The third kappa shape index (κ3) is 3.39. The van der Waals surface area contributed by atoms with Crippen molar-refractivity contribution >= 4 is 0 Å². The van der Waals surface area contributed by atoms with Gasteiger partial charge in [-0.1, -0.05) is 25.3 Å². The summed E-state index contributed by atoms with van der Waals surface area (Å²) in [5, 5.41) is 3.75. The Morgan fingerprint density at radius 3 is 2.47 bits per heavy atom. The normalized spacial score (nSPS) is 25.4. The van der Waals surface area contributed by atoms with E-state index in [0.29, 0.717) is 11.6 Å². The number of morpholine rings is 1. The molecule has 0 bridgehead atoms. The van der Waals surface area contributed by atoms with Gasteiger partial charge in [0.05, 0.1) is 13.2 Å². The molecule has 2 rings (SSSR count). The van der Waals surface area contributed by atoms with E-state index in [9.17, 15) is 0 Å². The van der Waals surface area contributed by atoms with Crippen LogP contribution in [0.15, 0.2) is 12.2 Å². The number of likely N-dealkylation sites (N-methyl/N-ethyl adjacent to an activating group) is 1. The highest BCUT2D eigenvalue weighted by atomic mass is 16.5. The van der Waals surface area contributed by atoms with Crippen LogP contribution in [0.1, 0.15) is 46.0 Å². The van der Waals surface area contributed by atoms with E-state index in [1.165, 1.54) is 31.3 Å². The van der Waals surface area contributed by atoms with E-state index in [1.54, 1.807) is 0 Å². The van der Waals surface area contributed by atoms with Crippen molar-refractivity contribution in [1.82, 2.24) is 10.2 Å². The molecule has 1 aliphatic heterocycles. The highest BCUT2D eigenvalue weighted by Crippen LogP contribution is 2.40. The minimum absolute atomic E-state index is 0.346. The van der Waals surface area contributed by atoms with Gasteiger partial charge in [0.15, 0.2) is 0 Å². The van der Waals surface area contributed by atoms with Gasteiger partial charge in [-0.3, -0.25) is 4.90 Å². The van der Waals surface area contributed by atoms with Gasteiger partial charge in [-0.25, -0.2) is 0 Å². The monoisotopic (exact) mass is 266 g/mol. The molecule has 1 atom stereocenters. The molecule has 0 amide bonds. The Balaban J connectivity index is 2.16. The van der Waals surface area contributed by atoms with Crippen LogP contribution in [0.25, 0.3) is 0 Å². The van der Waals surface area contributed by atoms with Crippen LogP contribution in [0.3, 0.4) is 0 Å². The Labute approximate surface area is 118 Å². The number of hydrogen-bond donors (Lipinski definition) is 1. The number of nitrogens with one attached hydrogen (secondary N) is 1. The largest absolute Gasteiger partial charge is 0.379 e. The molecule has 0 aromatic heterocycles. The topological polar surface area (TPSA) is 24.5 Å². The van der Waals surface area contributed by atoms with Crippen LogP contribution in [0.5, 0.6) is 0 Å². The molecule has 3 nitrogen and oxygen atoms in total. The second-order valence-corrected chi connectivity index (χ2v) is 6.18. The highest BCUT2D eigenvalue weighted by molar-refractivity contribution is 5.08. The highest BCUT2D eigenvalue weighted by Gasteiger charge is 2.45. The van der Waals surface area contributed by atoms with Crippen LogP contribution < -0.4 is 5.32 Å². The number of nitrogens with zero attached hydrogens (tertiary/aromatic N) is 1. The number of hydrogen-bond acceptors (Lipinski definition) is 3. The molecular formula is C16H30N2O. The molecule has 0 radical (unpaired) electrons. The van der Waals surface area contributed by atoms with Crippen LogP contribution >= 0.6 is 0 Å². The van der Waals surface area contributed by atoms with Gasteiger partial charge in [-0.2, -0.15) is 0 Å². The van der Waals surface area contributed by atoms with Gasteiger partial charge in [-0.15, -0.1) is 6.58 Å². The van der Waals surface area contributed by atoms with Gasteiger partial charge in [0.2, 0.25) is 0 Å². The summed E-state index contributed by atoms with van der Waals surface area (Å²) in [6, 6.07) is 0.551. The van der Waals surface area contributed by atoms with Crippen molar-refractivity contribution in [2.45, 2.75) is 57.5 Å². The van der Waals surface area contributed by atoms with E-state index in [0.717, 1.165) is 39.3 Å². The maximum Gasteiger partial charge on any atom is 0.0594 e. The van der Waals surface area contributed by atoms with Crippen LogP contribution in [-0.4, -0.2) is 49.3 Å². The average molecular weight is 266 g/mol. The molecule has 2 fully saturated rings. The first-order chi connectivity index (χ1) is 9.19. The standard InChI is InChI=1S/C16H30N2O/c1-4-17-15(13-14(2)3)16(7-5-6-8-16)18-9-11-19-12-10-18/h15,17H,2,4-13H2,1,3H3. The van der Waals surface area contributed by atoms with Gasteiger partial charge < -0.3 is 10.1 Å². The first-order valence-corrected chi connectivity index (χ1v) is 7.89. The lowest BCUT2D eigenvalue weighted by Gasteiger charge is -2.48. The van der Waals surface area contributed by atoms with E-state index in [2.05, 4.69) is 30.6 Å². The number of rotatable bonds is 6. The molecule has 0 aromatic rings. The molecule has 1 saturated heterocycles. The lowest BCUT2D eigenvalue weighted by atomic mass is 9.82. The molecule has 0 aromatic carbocycles. The summed E-state index contributed by atoms with van der Waals surface area (Å²) < 4.78 is 5.55. The first kappa shape index (κ1) is 15.0. The molecule has 1 aliphatic carbocycles. The van der Waals surface area contributed by atoms with Gasteiger partial charge in [0.1, 0.15) is 0 Å². The van der Waals surface area contributed by atoms with Crippen molar-refractivity contribution in [1.29, 1.82) is 0 Å². The van der Waals surface area contributed by atoms with Crippen molar-refractivity contribution in [3.8, 4) is 0 Å². The zero-order chi connectivity index (χ0) is 13.7.